The number of nitrogens with one attached hydrogen (secondary N) is 2. The van der Waals surface area contributed by atoms with E-state index in [2.05, 4.69) is 20.5 Å². The number of H-pyrrole nitrogens is 1. The van der Waals surface area contributed by atoms with Crippen molar-refractivity contribution in [3.05, 3.63) is 69.5 Å². The summed E-state index contributed by atoms with van der Waals surface area (Å²) in [6.07, 6.45) is 1.32. The highest BCUT2D eigenvalue weighted by Crippen LogP contribution is 2.28. The van der Waals surface area contributed by atoms with Crippen LogP contribution in [0.5, 0.6) is 11.5 Å². The van der Waals surface area contributed by atoms with Crippen LogP contribution < -0.4 is 20.5 Å². The minimum atomic E-state index is -0.615. The molecule has 0 aliphatic rings. The number of rotatable bonds is 7. The largest absolute Gasteiger partial charge is 0.497 e. The Balaban J connectivity index is 2.00. The van der Waals surface area contributed by atoms with Crippen molar-refractivity contribution in [3.8, 4) is 28.8 Å². The fourth-order valence-corrected chi connectivity index (χ4v) is 2.89. The van der Waals surface area contributed by atoms with Gasteiger partial charge in [-0.15, -0.1) is 0 Å². The minimum Gasteiger partial charge on any atom is -0.497 e. The first kappa shape index (κ1) is 22.0. The van der Waals surface area contributed by atoms with E-state index in [1.807, 2.05) is 12.1 Å². The lowest BCUT2D eigenvalue weighted by Crippen LogP contribution is -2.16. The van der Waals surface area contributed by atoms with Gasteiger partial charge in [0.15, 0.2) is 0 Å². The van der Waals surface area contributed by atoms with Crippen molar-refractivity contribution < 1.29 is 19.0 Å². The highest BCUT2D eigenvalue weighted by molar-refractivity contribution is 6.02. The molecule has 32 heavy (non-hydrogen) atoms. The fourth-order valence-electron chi connectivity index (χ4n) is 2.89. The van der Waals surface area contributed by atoms with Gasteiger partial charge < -0.3 is 14.2 Å². The van der Waals surface area contributed by atoms with Gasteiger partial charge in [-0.05, 0) is 6.07 Å². The van der Waals surface area contributed by atoms with E-state index in [1.165, 1.54) is 33.6 Å². The number of aromatic nitrogens is 2. The van der Waals surface area contributed by atoms with E-state index < -0.39 is 11.5 Å². The van der Waals surface area contributed by atoms with E-state index in [1.54, 1.807) is 30.3 Å². The molecule has 1 aromatic heterocycles. The van der Waals surface area contributed by atoms with Gasteiger partial charge in [-0.2, -0.15) is 10.4 Å². The molecule has 0 aliphatic carbocycles. The van der Waals surface area contributed by atoms with E-state index >= 15 is 0 Å². The number of hydrazone groups is 1. The average Bonchev–Trinajstić information content (AvgIpc) is 2.83. The van der Waals surface area contributed by atoms with Crippen LogP contribution in [0.15, 0.2) is 52.4 Å². The lowest BCUT2D eigenvalue weighted by atomic mass is 10.1. The second kappa shape index (κ2) is 9.90. The van der Waals surface area contributed by atoms with Crippen molar-refractivity contribution in [2.45, 2.75) is 0 Å². The van der Waals surface area contributed by atoms with Crippen LogP contribution in [0.1, 0.15) is 21.5 Å². The van der Waals surface area contributed by atoms with E-state index in [0.717, 1.165) is 0 Å². The molecule has 0 unspecified atom stereocenters. The summed E-state index contributed by atoms with van der Waals surface area (Å²) in [5.74, 6) is 0.121. The Hall–Kier alpha value is -4.65. The van der Waals surface area contributed by atoms with Crippen LogP contribution in [-0.2, 0) is 4.74 Å². The number of ether oxygens (including phenoxy) is 3. The number of esters is 1. The molecule has 0 spiro atoms. The second-order valence-corrected chi connectivity index (χ2v) is 6.27. The third kappa shape index (κ3) is 4.57. The molecule has 10 heteroatoms. The summed E-state index contributed by atoms with van der Waals surface area (Å²) in [7, 11) is 4.15. The Labute approximate surface area is 183 Å². The molecule has 0 radical (unpaired) electrons. The monoisotopic (exact) mass is 433 g/mol. The molecule has 1 heterocycles. The summed E-state index contributed by atoms with van der Waals surface area (Å²) in [6, 6.07) is 13.8. The Kier molecular flexibility index (Phi) is 6.82. The molecule has 0 atom stereocenters. The molecular formula is C22H19N5O5. The Morgan fingerprint density at radius 3 is 2.56 bits per heavy atom. The number of carbonyl (C=O) groups excluding carboxylic acids is 1. The van der Waals surface area contributed by atoms with Gasteiger partial charge in [-0.25, -0.2) is 15.2 Å². The van der Waals surface area contributed by atoms with Crippen molar-refractivity contribution >= 4 is 18.1 Å². The molecule has 3 rings (SSSR count). The lowest BCUT2D eigenvalue weighted by molar-refractivity contribution is 0.0599. The molecule has 2 aromatic carbocycles. The molecule has 0 fully saturated rings. The molecule has 0 bridgehead atoms. The van der Waals surface area contributed by atoms with Gasteiger partial charge in [0.05, 0.1) is 44.4 Å². The van der Waals surface area contributed by atoms with Crippen molar-refractivity contribution in [3.63, 3.8) is 0 Å². The first-order chi connectivity index (χ1) is 15.5. The Morgan fingerprint density at radius 1 is 1.19 bits per heavy atom. The zero-order chi connectivity index (χ0) is 23.1. The number of nitriles is 1. The Bertz CT molecular complexity index is 1260. The summed E-state index contributed by atoms with van der Waals surface area (Å²) in [5, 5.41) is 13.4. The predicted octanol–water partition coefficient (Wildman–Crippen LogP) is 2.56. The van der Waals surface area contributed by atoms with Crippen LogP contribution in [0.2, 0.25) is 0 Å². The SMILES string of the molecule is COC(=O)c1cc(OC)cc(OC)c1C=NNc1nc(-c2ccccc2)c(C#N)c(=O)[nH]1. The van der Waals surface area contributed by atoms with Crippen LogP contribution in [-0.4, -0.2) is 43.5 Å². The molecule has 0 aliphatic heterocycles. The predicted molar refractivity (Wildman–Crippen MR) is 117 cm³/mol. The summed E-state index contributed by atoms with van der Waals surface area (Å²) < 4.78 is 15.3. The van der Waals surface area contributed by atoms with Gasteiger partial charge in [0.2, 0.25) is 5.95 Å². The highest BCUT2D eigenvalue weighted by atomic mass is 16.5. The third-order valence-electron chi connectivity index (χ3n) is 4.42. The van der Waals surface area contributed by atoms with Gasteiger partial charge in [-0.1, -0.05) is 30.3 Å². The Morgan fingerprint density at radius 2 is 1.94 bits per heavy atom. The first-order valence-electron chi connectivity index (χ1n) is 9.25. The van der Waals surface area contributed by atoms with Gasteiger partial charge in [-0.3, -0.25) is 9.78 Å². The summed E-state index contributed by atoms with van der Waals surface area (Å²) >= 11 is 0. The zero-order valence-electron chi connectivity index (χ0n) is 17.5. The quantitative estimate of drug-likeness (QED) is 0.329. The van der Waals surface area contributed by atoms with E-state index in [0.29, 0.717) is 22.6 Å². The van der Waals surface area contributed by atoms with Gasteiger partial charge >= 0.3 is 5.97 Å². The number of hydrogen-bond donors (Lipinski definition) is 2. The summed E-state index contributed by atoms with van der Waals surface area (Å²) in [4.78, 5) is 31.3. The average molecular weight is 433 g/mol. The van der Waals surface area contributed by atoms with Crippen LogP contribution in [0.4, 0.5) is 5.95 Å². The minimum absolute atomic E-state index is 0.0104. The fraction of sp³-hybridized carbons (Fsp3) is 0.136. The number of carbonyl (C=O) groups is 1. The van der Waals surface area contributed by atoms with Crippen molar-refractivity contribution in [1.29, 1.82) is 5.26 Å². The van der Waals surface area contributed by atoms with Crippen LogP contribution >= 0.6 is 0 Å². The lowest BCUT2D eigenvalue weighted by Gasteiger charge is -2.12. The number of hydrogen-bond acceptors (Lipinski definition) is 9. The molecule has 0 saturated heterocycles. The van der Waals surface area contributed by atoms with Crippen LogP contribution in [0, 0.1) is 11.3 Å². The maximum Gasteiger partial charge on any atom is 0.338 e. The molecule has 2 N–H and O–H groups in total. The van der Waals surface area contributed by atoms with Crippen molar-refractivity contribution in [1.82, 2.24) is 9.97 Å². The third-order valence-corrected chi connectivity index (χ3v) is 4.42. The van der Waals surface area contributed by atoms with Gasteiger partial charge in [0.1, 0.15) is 23.1 Å². The zero-order valence-corrected chi connectivity index (χ0v) is 17.5. The van der Waals surface area contributed by atoms with Crippen molar-refractivity contribution in [2.75, 3.05) is 26.8 Å². The molecule has 162 valence electrons. The standard InChI is InChI=1S/C22H19N5O5/c1-30-14-9-15(21(29)32-3)17(18(10-14)31-2)12-24-27-22-25-19(13-7-5-4-6-8-13)16(11-23)20(28)26-22/h4-10,12H,1-3H3,(H2,25,26,27,28). The number of benzene rings is 2. The van der Waals surface area contributed by atoms with E-state index in [9.17, 15) is 14.9 Å². The molecule has 0 saturated carbocycles. The summed E-state index contributed by atoms with van der Waals surface area (Å²) in [6.45, 7) is 0. The number of anilines is 1. The first-order valence-corrected chi connectivity index (χ1v) is 9.25. The highest BCUT2D eigenvalue weighted by Gasteiger charge is 2.18. The smallest absolute Gasteiger partial charge is 0.338 e. The number of nitrogens with zero attached hydrogens (tertiary/aromatic N) is 3. The van der Waals surface area contributed by atoms with Crippen LogP contribution in [0.3, 0.4) is 0 Å². The van der Waals surface area contributed by atoms with E-state index in [-0.39, 0.29) is 22.8 Å². The molecule has 10 nitrogen and oxygen atoms in total. The van der Waals surface area contributed by atoms with Crippen LogP contribution in [0.25, 0.3) is 11.3 Å². The molecule has 0 amide bonds. The second-order valence-electron chi connectivity index (χ2n) is 6.27. The van der Waals surface area contributed by atoms with Crippen molar-refractivity contribution in [2.24, 2.45) is 5.10 Å². The topological polar surface area (TPSA) is 139 Å². The normalized spacial score (nSPS) is 10.4. The maximum absolute atomic E-state index is 12.3. The van der Waals surface area contributed by atoms with E-state index in [4.69, 9.17) is 14.2 Å². The number of methoxy groups -OCH3 is 3. The van der Waals surface area contributed by atoms with Gasteiger partial charge in [0, 0.05) is 11.6 Å². The molecular weight excluding hydrogens is 414 g/mol. The number of aromatic amines is 1. The summed E-state index contributed by atoms with van der Waals surface area (Å²) in [5.41, 5.74) is 3.20. The van der Waals surface area contributed by atoms with Gasteiger partial charge in [0.25, 0.3) is 5.56 Å². The molecule has 3 aromatic rings. The maximum atomic E-state index is 12.3.